The summed E-state index contributed by atoms with van der Waals surface area (Å²) in [6.07, 6.45) is -4.39. The first-order chi connectivity index (χ1) is 20.3. The monoisotopic (exact) mass is 613 g/mol. The molecule has 0 aliphatic rings. The number of rotatable bonds is 12. The van der Waals surface area contributed by atoms with Gasteiger partial charge in [-0.3, -0.25) is 19.2 Å². The highest BCUT2D eigenvalue weighted by Gasteiger charge is 2.31. The number of carbonyl (C=O) groups excluding carboxylic acids is 3. The second kappa shape index (κ2) is 14.4. The standard InChI is InChI=1S/C26H28F5N7O5/c1-3-36(4-2)25(42)23(40)33-19-9-11-37(24(41)21(19)28)10-8-17(27)14-38-15-20(34-35-38)22(39)32-13-16-6-5-7-18(12-16)43-26(29,30)31/h5-7,9,11-12,15,17H,3-4,8,10,13-14H2,1-2H3,(H,32,39)(H,33,40). The Morgan fingerprint density at radius 2 is 1.86 bits per heavy atom. The van der Waals surface area contributed by atoms with Crippen molar-refractivity contribution in [2.45, 2.75) is 52.4 Å². The van der Waals surface area contributed by atoms with E-state index in [0.29, 0.717) is 5.56 Å². The summed E-state index contributed by atoms with van der Waals surface area (Å²) >= 11 is 0. The maximum atomic E-state index is 14.6. The third-order valence-corrected chi connectivity index (χ3v) is 6.02. The van der Waals surface area contributed by atoms with Crippen molar-refractivity contribution < 1.29 is 41.1 Å². The number of anilines is 1. The number of aromatic nitrogens is 4. The van der Waals surface area contributed by atoms with Gasteiger partial charge in [-0.05, 0) is 44.0 Å². The molecule has 232 valence electrons. The first kappa shape index (κ1) is 32.7. The first-order valence-electron chi connectivity index (χ1n) is 13.0. The maximum Gasteiger partial charge on any atom is 0.573 e. The molecule has 3 aromatic rings. The van der Waals surface area contributed by atoms with E-state index in [1.807, 2.05) is 0 Å². The lowest BCUT2D eigenvalue weighted by Crippen LogP contribution is -2.40. The van der Waals surface area contributed by atoms with Crippen LogP contribution in [0, 0.1) is 5.82 Å². The molecule has 0 saturated heterocycles. The molecule has 2 N–H and O–H groups in total. The molecule has 0 aliphatic heterocycles. The molecule has 0 aliphatic carbocycles. The van der Waals surface area contributed by atoms with Crippen LogP contribution >= 0.6 is 0 Å². The number of hydrogen-bond acceptors (Lipinski definition) is 7. The quantitative estimate of drug-likeness (QED) is 0.237. The van der Waals surface area contributed by atoms with Gasteiger partial charge in [0, 0.05) is 32.4 Å². The van der Waals surface area contributed by atoms with Gasteiger partial charge in [0.15, 0.2) is 5.69 Å². The number of likely N-dealkylation sites (N-methyl/N-ethyl adjacent to an activating group) is 1. The van der Waals surface area contributed by atoms with Crippen molar-refractivity contribution >= 4 is 23.4 Å². The molecule has 0 spiro atoms. The Balaban J connectivity index is 1.51. The summed E-state index contributed by atoms with van der Waals surface area (Å²) in [6, 6.07) is 6.10. The summed E-state index contributed by atoms with van der Waals surface area (Å²) in [5, 5.41) is 11.9. The van der Waals surface area contributed by atoms with E-state index in [2.05, 4.69) is 25.7 Å². The fourth-order valence-corrected chi connectivity index (χ4v) is 3.84. The molecule has 12 nitrogen and oxygen atoms in total. The van der Waals surface area contributed by atoms with Gasteiger partial charge in [0.05, 0.1) is 18.4 Å². The van der Waals surface area contributed by atoms with Crippen molar-refractivity contribution in [3.8, 4) is 5.75 Å². The normalized spacial score (nSPS) is 12.0. The number of carbonyl (C=O) groups is 3. The van der Waals surface area contributed by atoms with E-state index in [-0.39, 0.29) is 44.8 Å². The van der Waals surface area contributed by atoms with Crippen molar-refractivity contribution in [1.29, 1.82) is 0 Å². The SMILES string of the molecule is CCN(CC)C(=O)C(=O)Nc1ccn(CCC(F)Cn2cc(C(=O)NCc3cccc(OC(F)(F)F)c3)nn2)c(=O)c1F. The zero-order valence-corrected chi connectivity index (χ0v) is 23.0. The van der Waals surface area contributed by atoms with Gasteiger partial charge in [-0.25, -0.2) is 9.07 Å². The van der Waals surface area contributed by atoms with E-state index in [4.69, 9.17) is 0 Å². The Labute approximate surface area is 241 Å². The van der Waals surface area contributed by atoms with Gasteiger partial charge in [-0.2, -0.15) is 4.39 Å². The molecule has 1 atom stereocenters. The fraction of sp³-hybridized carbons (Fsp3) is 0.385. The van der Waals surface area contributed by atoms with Crippen LogP contribution in [-0.2, 0) is 29.2 Å². The topological polar surface area (TPSA) is 140 Å². The van der Waals surface area contributed by atoms with Gasteiger partial charge in [0.2, 0.25) is 5.82 Å². The van der Waals surface area contributed by atoms with Crippen molar-refractivity contribution in [2.24, 2.45) is 0 Å². The average molecular weight is 614 g/mol. The highest BCUT2D eigenvalue weighted by Crippen LogP contribution is 2.23. The number of ether oxygens (including phenoxy) is 1. The maximum absolute atomic E-state index is 14.6. The van der Waals surface area contributed by atoms with Gasteiger partial charge in [0.25, 0.3) is 11.5 Å². The number of benzene rings is 1. The third-order valence-electron chi connectivity index (χ3n) is 6.02. The summed E-state index contributed by atoms with van der Waals surface area (Å²) in [7, 11) is 0. The Kier molecular flexibility index (Phi) is 10.9. The summed E-state index contributed by atoms with van der Waals surface area (Å²) < 4.78 is 72.2. The second-order valence-corrected chi connectivity index (χ2v) is 9.06. The van der Waals surface area contributed by atoms with E-state index in [0.717, 1.165) is 39.8 Å². The number of aryl methyl sites for hydroxylation is 1. The minimum atomic E-state index is -4.86. The van der Waals surface area contributed by atoms with Gasteiger partial charge < -0.3 is 24.8 Å². The molecule has 1 unspecified atom stereocenters. The van der Waals surface area contributed by atoms with Crippen LogP contribution in [0.2, 0.25) is 0 Å². The van der Waals surface area contributed by atoms with E-state index < -0.39 is 53.1 Å². The summed E-state index contributed by atoms with van der Waals surface area (Å²) in [5.74, 6) is -4.46. The molecule has 43 heavy (non-hydrogen) atoms. The van der Waals surface area contributed by atoms with Crippen LogP contribution < -0.4 is 20.9 Å². The minimum absolute atomic E-state index is 0.146. The van der Waals surface area contributed by atoms with Crippen molar-refractivity contribution in [2.75, 3.05) is 18.4 Å². The Morgan fingerprint density at radius 3 is 2.53 bits per heavy atom. The molecular formula is C26H28F5N7O5. The van der Waals surface area contributed by atoms with Crippen LogP contribution in [0.4, 0.5) is 27.6 Å². The average Bonchev–Trinajstić information content (AvgIpc) is 3.42. The second-order valence-electron chi connectivity index (χ2n) is 9.06. The van der Waals surface area contributed by atoms with E-state index >= 15 is 0 Å². The number of alkyl halides is 4. The summed E-state index contributed by atoms with van der Waals surface area (Å²) in [4.78, 5) is 50.1. The highest BCUT2D eigenvalue weighted by molar-refractivity contribution is 6.39. The molecule has 2 aromatic heterocycles. The van der Waals surface area contributed by atoms with Crippen LogP contribution in [0.3, 0.4) is 0 Å². The van der Waals surface area contributed by atoms with Crippen LogP contribution in [0.5, 0.6) is 5.75 Å². The summed E-state index contributed by atoms with van der Waals surface area (Å²) in [6.45, 7) is 3.14. The predicted octanol–water partition coefficient (Wildman–Crippen LogP) is 2.64. The van der Waals surface area contributed by atoms with Crippen LogP contribution in [0.1, 0.15) is 36.3 Å². The fourth-order valence-electron chi connectivity index (χ4n) is 3.84. The molecule has 2 heterocycles. The molecule has 0 saturated carbocycles. The van der Waals surface area contributed by atoms with E-state index in [1.54, 1.807) is 13.8 Å². The molecular weight excluding hydrogens is 585 g/mol. The molecule has 0 radical (unpaired) electrons. The van der Waals surface area contributed by atoms with Crippen molar-refractivity contribution in [3.63, 3.8) is 0 Å². The van der Waals surface area contributed by atoms with Gasteiger partial charge in [-0.1, -0.05) is 17.3 Å². The van der Waals surface area contributed by atoms with Crippen molar-refractivity contribution in [3.05, 3.63) is 70.2 Å². The lowest BCUT2D eigenvalue weighted by molar-refractivity contribution is -0.274. The highest BCUT2D eigenvalue weighted by atomic mass is 19.4. The Morgan fingerprint density at radius 1 is 1.14 bits per heavy atom. The molecule has 17 heteroatoms. The summed E-state index contributed by atoms with van der Waals surface area (Å²) in [5.41, 5.74) is -1.47. The van der Waals surface area contributed by atoms with Gasteiger partial charge in [-0.15, -0.1) is 18.3 Å². The number of nitrogens with one attached hydrogen (secondary N) is 2. The molecule has 0 fully saturated rings. The third kappa shape index (κ3) is 9.34. The number of amides is 3. The Hall–Kier alpha value is -4.83. The van der Waals surface area contributed by atoms with E-state index in [9.17, 15) is 41.1 Å². The minimum Gasteiger partial charge on any atom is -0.406 e. The van der Waals surface area contributed by atoms with E-state index in [1.165, 1.54) is 17.0 Å². The van der Waals surface area contributed by atoms with Crippen LogP contribution in [0.25, 0.3) is 0 Å². The smallest absolute Gasteiger partial charge is 0.406 e. The lowest BCUT2D eigenvalue weighted by atomic mass is 10.2. The lowest BCUT2D eigenvalue weighted by Gasteiger charge is -2.18. The number of pyridine rings is 1. The molecule has 3 rings (SSSR count). The number of hydrogen-bond donors (Lipinski definition) is 2. The molecule has 1 aromatic carbocycles. The molecule has 0 bridgehead atoms. The number of halogens is 5. The Bertz CT molecular complexity index is 1500. The van der Waals surface area contributed by atoms with Crippen LogP contribution in [-0.4, -0.2) is 67.8 Å². The zero-order chi connectivity index (χ0) is 31.7. The number of nitrogens with zero attached hydrogens (tertiary/aromatic N) is 5. The van der Waals surface area contributed by atoms with Crippen LogP contribution in [0.15, 0.2) is 47.5 Å². The first-order valence-corrected chi connectivity index (χ1v) is 13.0. The van der Waals surface area contributed by atoms with Crippen molar-refractivity contribution in [1.82, 2.24) is 29.8 Å². The predicted molar refractivity (Wildman–Crippen MR) is 141 cm³/mol. The molecule has 3 amide bonds. The van der Waals surface area contributed by atoms with Gasteiger partial charge >= 0.3 is 18.2 Å². The zero-order valence-electron chi connectivity index (χ0n) is 23.0. The largest absolute Gasteiger partial charge is 0.573 e. The van der Waals surface area contributed by atoms with Gasteiger partial charge in [0.1, 0.15) is 11.9 Å².